The van der Waals surface area contributed by atoms with E-state index >= 15 is 0 Å². The zero-order valence-electron chi connectivity index (χ0n) is 13.1. The van der Waals surface area contributed by atoms with Crippen LogP contribution >= 0.6 is 23.4 Å². The number of rotatable bonds is 7. The number of thioether (sulfide) groups is 1. The number of aliphatic carboxylic acids is 1. The SMILES string of the molecule is O=C([O-])CSc1nnc(CNc2ccc(Cl)cc2)n1-c1ccccc1. The Balaban J connectivity index is 1.85. The molecule has 1 N–H and O–H groups in total. The predicted molar refractivity (Wildman–Crippen MR) is 95.9 cm³/mol. The third kappa shape index (κ3) is 4.52. The number of nitrogens with zero attached hydrogens (tertiary/aromatic N) is 3. The molecule has 128 valence electrons. The summed E-state index contributed by atoms with van der Waals surface area (Å²) in [5, 5.41) is 23.5. The quantitative estimate of drug-likeness (QED) is 0.640. The number of nitrogens with one attached hydrogen (secondary N) is 1. The largest absolute Gasteiger partial charge is 0.549 e. The number of carbonyl (C=O) groups excluding carboxylic acids is 1. The molecule has 3 aromatic rings. The summed E-state index contributed by atoms with van der Waals surface area (Å²) >= 11 is 6.96. The first kappa shape index (κ1) is 17.3. The van der Waals surface area contributed by atoms with E-state index in [9.17, 15) is 9.90 Å². The molecule has 1 aromatic heterocycles. The van der Waals surface area contributed by atoms with Crippen LogP contribution in [0.25, 0.3) is 5.69 Å². The second kappa shape index (κ2) is 8.04. The zero-order valence-corrected chi connectivity index (χ0v) is 14.6. The summed E-state index contributed by atoms with van der Waals surface area (Å²) in [5.74, 6) is -0.661. The molecule has 0 radical (unpaired) electrons. The first-order chi connectivity index (χ1) is 12.1. The molecule has 3 rings (SSSR count). The van der Waals surface area contributed by atoms with E-state index in [0.29, 0.717) is 22.5 Å². The lowest BCUT2D eigenvalue weighted by atomic mass is 10.3. The van der Waals surface area contributed by atoms with Gasteiger partial charge in [0.25, 0.3) is 0 Å². The van der Waals surface area contributed by atoms with Crippen LogP contribution in [0.4, 0.5) is 5.69 Å². The summed E-state index contributed by atoms with van der Waals surface area (Å²) in [4.78, 5) is 10.8. The Bertz CT molecular complexity index is 853. The van der Waals surface area contributed by atoms with Crippen LogP contribution in [0, 0.1) is 0 Å². The number of anilines is 1. The molecule has 0 saturated heterocycles. The Hall–Kier alpha value is -2.51. The van der Waals surface area contributed by atoms with Crippen molar-refractivity contribution >= 4 is 35.0 Å². The molecular formula is C17H14ClN4O2S-. The van der Waals surface area contributed by atoms with E-state index in [1.165, 1.54) is 0 Å². The maximum atomic E-state index is 10.8. The van der Waals surface area contributed by atoms with Crippen LogP contribution in [-0.4, -0.2) is 26.5 Å². The van der Waals surface area contributed by atoms with E-state index in [1.807, 2.05) is 47.0 Å². The minimum atomic E-state index is -1.14. The van der Waals surface area contributed by atoms with Gasteiger partial charge >= 0.3 is 0 Å². The number of carbonyl (C=O) groups is 1. The number of benzene rings is 2. The monoisotopic (exact) mass is 373 g/mol. The molecule has 0 bridgehead atoms. The van der Waals surface area contributed by atoms with E-state index in [0.717, 1.165) is 23.1 Å². The fourth-order valence-electron chi connectivity index (χ4n) is 2.22. The lowest BCUT2D eigenvalue weighted by molar-refractivity contribution is -0.301. The van der Waals surface area contributed by atoms with Gasteiger partial charge < -0.3 is 15.2 Å². The lowest BCUT2D eigenvalue weighted by Crippen LogP contribution is -2.24. The number of hydrogen-bond acceptors (Lipinski definition) is 6. The van der Waals surface area contributed by atoms with Gasteiger partial charge in [0.2, 0.25) is 0 Å². The van der Waals surface area contributed by atoms with Gasteiger partial charge in [-0.3, -0.25) is 4.57 Å². The first-order valence-electron chi connectivity index (χ1n) is 7.45. The average Bonchev–Trinajstić information content (AvgIpc) is 3.03. The van der Waals surface area contributed by atoms with E-state index in [1.54, 1.807) is 12.1 Å². The van der Waals surface area contributed by atoms with Gasteiger partial charge in [0.15, 0.2) is 11.0 Å². The molecule has 0 aliphatic carbocycles. The molecule has 0 aliphatic rings. The molecule has 2 aromatic carbocycles. The summed E-state index contributed by atoms with van der Waals surface area (Å²) in [7, 11) is 0. The Kier molecular flexibility index (Phi) is 5.57. The van der Waals surface area contributed by atoms with Crippen LogP contribution in [0.5, 0.6) is 0 Å². The molecule has 0 amide bonds. The molecule has 25 heavy (non-hydrogen) atoms. The van der Waals surface area contributed by atoms with Gasteiger partial charge in [-0.05, 0) is 36.4 Å². The molecule has 0 fully saturated rings. The van der Waals surface area contributed by atoms with E-state index in [2.05, 4.69) is 15.5 Å². The maximum absolute atomic E-state index is 10.8. The first-order valence-corrected chi connectivity index (χ1v) is 8.81. The van der Waals surface area contributed by atoms with E-state index < -0.39 is 5.97 Å². The van der Waals surface area contributed by atoms with Gasteiger partial charge in [0, 0.05) is 22.2 Å². The number of carboxylic acid groups (broad SMARTS) is 1. The average molecular weight is 374 g/mol. The number of para-hydroxylation sites is 1. The topological polar surface area (TPSA) is 82.9 Å². The molecule has 0 unspecified atom stereocenters. The Morgan fingerprint density at radius 1 is 1.12 bits per heavy atom. The number of halogens is 1. The number of carboxylic acids is 1. The fourth-order valence-corrected chi connectivity index (χ4v) is 3.03. The molecule has 6 nitrogen and oxygen atoms in total. The molecule has 0 saturated carbocycles. The van der Waals surface area contributed by atoms with Gasteiger partial charge in [-0.2, -0.15) is 0 Å². The fraction of sp³-hybridized carbons (Fsp3) is 0.118. The highest BCUT2D eigenvalue weighted by molar-refractivity contribution is 7.99. The Labute approximate surface area is 153 Å². The molecule has 0 aliphatic heterocycles. The predicted octanol–water partition coefficient (Wildman–Crippen LogP) is 2.37. The number of hydrogen-bond donors (Lipinski definition) is 1. The van der Waals surface area contributed by atoms with Gasteiger partial charge in [0.1, 0.15) is 0 Å². The second-order valence-corrected chi connectivity index (χ2v) is 6.47. The van der Waals surface area contributed by atoms with Crippen LogP contribution in [0.1, 0.15) is 5.82 Å². The third-order valence-corrected chi connectivity index (χ3v) is 4.48. The summed E-state index contributed by atoms with van der Waals surface area (Å²) in [6.45, 7) is 0.426. The van der Waals surface area contributed by atoms with Crippen LogP contribution < -0.4 is 10.4 Å². The standard InChI is InChI=1S/C17H15ClN4O2S/c18-12-6-8-13(9-7-12)19-10-15-20-21-17(25-11-16(23)24)22(15)14-4-2-1-3-5-14/h1-9,19H,10-11H2,(H,23,24)/p-1. The van der Waals surface area contributed by atoms with Crippen molar-refractivity contribution in [2.45, 2.75) is 11.7 Å². The minimum absolute atomic E-state index is 0.185. The van der Waals surface area contributed by atoms with Crippen molar-refractivity contribution < 1.29 is 9.90 Å². The third-order valence-electron chi connectivity index (χ3n) is 3.33. The van der Waals surface area contributed by atoms with Crippen LogP contribution in [0.3, 0.4) is 0 Å². The van der Waals surface area contributed by atoms with E-state index in [4.69, 9.17) is 11.6 Å². The molecule has 0 spiro atoms. The van der Waals surface area contributed by atoms with Crippen molar-refractivity contribution in [3.63, 3.8) is 0 Å². The van der Waals surface area contributed by atoms with Crippen molar-refractivity contribution in [2.24, 2.45) is 0 Å². The maximum Gasteiger partial charge on any atom is 0.196 e. The summed E-state index contributed by atoms with van der Waals surface area (Å²) in [6.07, 6.45) is 0. The van der Waals surface area contributed by atoms with Crippen LogP contribution in [-0.2, 0) is 11.3 Å². The smallest absolute Gasteiger partial charge is 0.196 e. The minimum Gasteiger partial charge on any atom is -0.549 e. The van der Waals surface area contributed by atoms with Crippen LogP contribution in [0.15, 0.2) is 59.8 Å². The molecule has 8 heteroatoms. The van der Waals surface area contributed by atoms with E-state index in [-0.39, 0.29) is 5.75 Å². The lowest BCUT2D eigenvalue weighted by Gasteiger charge is -2.11. The highest BCUT2D eigenvalue weighted by Crippen LogP contribution is 2.22. The van der Waals surface area contributed by atoms with Crippen molar-refractivity contribution in [1.82, 2.24) is 14.8 Å². The van der Waals surface area contributed by atoms with Crippen molar-refractivity contribution in [2.75, 3.05) is 11.1 Å². The zero-order chi connectivity index (χ0) is 17.6. The highest BCUT2D eigenvalue weighted by atomic mass is 35.5. The second-order valence-electron chi connectivity index (χ2n) is 5.09. The van der Waals surface area contributed by atoms with Gasteiger partial charge in [-0.15, -0.1) is 10.2 Å². The Morgan fingerprint density at radius 3 is 2.52 bits per heavy atom. The van der Waals surface area contributed by atoms with Gasteiger partial charge in [0.05, 0.1) is 12.5 Å². The molecule has 0 atom stereocenters. The van der Waals surface area contributed by atoms with Crippen molar-refractivity contribution in [1.29, 1.82) is 0 Å². The van der Waals surface area contributed by atoms with Gasteiger partial charge in [-0.25, -0.2) is 0 Å². The summed E-state index contributed by atoms with van der Waals surface area (Å²) < 4.78 is 1.83. The number of aromatic nitrogens is 3. The van der Waals surface area contributed by atoms with Crippen molar-refractivity contribution in [3.8, 4) is 5.69 Å². The Morgan fingerprint density at radius 2 is 1.84 bits per heavy atom. The van der Waals surface area contributed by atoms with Gasteiger partial charge in [-0.1, -0.05) is 41.6 Å². The summed E-state index contributed by atoms with van der Waals surface area (Å²) in [5.41, 5.74) is 1.76. The molecule has 1 heterocycles. The van der Waals surface area contributed by atoms with Crippen LogP contribution in [0.2, 0.25) is 5.02 Å². The summed E-state index contributed by atoms with van der Waals surface area (Å²) in [6, 6.07) is 16.9. The molecular weight excluding hydrogens is 360 g/mol. The highest BCUT2D eigenvalue weighted by Gasteiger charge is 2.14. The van der Waals surface area contributed by atoms with Crippen molar-refractivity contribution in [3.05, 3.63) is 65.4 Å². The normalized spacial score (nSPS) is 10.6.